The van der Waals surface area contributed by atoms with Gasteiger partial charge in [-0.3, -0.25) is 0 Å². The maximum absolute atomic E-state index is 6.32. The van der Waals surface area contributed by atoms with Crippen LogP contribution in [0.2, 0.25) is 0 Å². The van der Waals surface area contributed by atoms with Gasteiger partial charge in [-0.1, -0.05) is 60.7 Å². The van der Waals surface area contributed by atoms with E-state index in [1.165, 1.54) is 0 Å². The Balaban J connectivity index is 1.22. The molecule has 1 aliphatic rings. The van der Waals surface area contributed by atoms with Gasteiger partial charge in [0.2, 0.25) is 11.8 Å². The van der Waals surface area contributed by atoms with Gasteiger partial charge < -0.3 is 32.5 Å². The highest BCUT2D eigenvalue weighted by atomic mass is 16.6. The van der Waals surface area contributed by atoms with Crippen molar-refractivity contribution >= 4 is 43.7 Å². The summed E-state index contributed by atoms with van der Waals surface area (Å²) in [6.07, 6.45) is 1.22. The second kappa shape index (κ2) is 13.9. The number of aromatic nitrogens is 2. The third-order valence-corrected chi connectivity index (χ3v) is 7.89. The number of fused-ring (bicyclic) bond motifs is 6. The molecule has 6 aromatic rings. The van der Waals surface area contributed by atoms with Crippen molar-refractivity contribution in [3.05, 3.63) is 95.7 Å². The Bertz CT molecular complexity index is 1810. The maximum atomic E-state index is 6.32. The van der Waals surface area contributed by atoms with Crippen LogP contribution >= 0.6 is 0 Å². The number of allylic oxidation sites excluding steroid dienone is 1. The molecule has 0 atom stereocenters. The lowest BCUT2D eigenvalue weighted by molar-refractivity contribution is -0.0161. The van der Waals surface area contributed by atoms with Gasteiger partial charge in [-0.25, -0.2) is 9.97 Å². The molecule has 45 heavy (non-hydrogen) atoms. The van der Waals surface area contributed by atoms with E-state index >= 15 is 0 Å². The zero-order chi connectivity index (χ0) is 30.4. The molecule has 1 aliphatic heterocycles. The molecule has 0 saturated carbocycles. The smallest absolute Gasteiger partial charge is 0.221 e. The van der Waals surface area contributed by atoms with Crippen molar-refractivity contribution in [1.82, 2.24) is 9.97 Å². The van der Waals surface area contributed by atoms with Crippen LogP contribution in [0.5, 0.6) is 0 Å². The van der Waals surface area contributed by atoms with E-state index in [4.69, 9.17) is 42.5 Å². The van der Waals surface area contributed by atoms with Gasteiger partial charge in [0.1, 0.15) is 24.2 Å². The molecule has 0 spiro atoms. The summed E-state index contributed by atoms with van der Waals surface area (Å²) in [6.45, 7) is 8.77. The predicted octanol–water partition coefficient (Wildman–Crippen LogP) is 6.71. The average molecular weight is 609 g/mol. The highest BCUT2D eigenvalue weighted by molar-refractivity contribution is 6.00. The van der Waals surface area contributed by atoms with Gasteiger partial charge in [0.05, 0.1) is 52.9 Å². The second-order valence-electron chi connectivity index (χ2n) is 11.1. The Labute approximate surface area is 260 Å². The van der Waals surface area contributed by atoms with E-state index in [1.807, 2.05) is 24.3 Å². The fourth-order valence-electron chi connectivity index (χ4n) is 5.85. The van der Waals surface area contributed by atoms with E-state index in [1.54, 1.807) is 0 Å². The minimum absolute atomic E-state index is 0.258. The average Bonchev–Trinajstić information content (AvgIpc) is 3.65. The van der Waals surface area contributed by atoms with E-state index in [-0.39, 0.29) is 13.2 Å². The lowest BCUT2D eigenvalue weighted by Crippen LogP contribution is -2.13. The van der Waals surface area contributed by atoms with Gasteiger partial charge >= 0.3 is 0 Å². The first-order chi connectivity index (χ1) is 22.2. The van der Waals surface area contributed by atoms with Crippen LogP contribution in [0.1, 0.15) is 22.9 Å². The number of benzene rings is 4. The summed E-state index contributed by atoms with van der Waals surface area (Å²) in [5, 5.41) is 4.44. The Morgan fingerprint density at radius 1 is 0.511 bits per heavy atom. The van der Waals surface area contributed by atoms with E-state index in [2.05, 4.69) is 43.0 Å². The molecule has 9 nitrogen and oxygen atoms in total. The summed E-state index contributed by atoms with van der Waals surface area (Å²) in [4.78, 5) is 9.54. The van der Waals surface area contributed by atoms with E-state index < -0.39 is 0 Å². The quantitative estimate of drug-likeness (QED) is 0.174. The third-order valence-electron chi connectivity index (χ3n) is 7.89. The van der Waals surface area contributed by atoms with Crippen LogP contribution in [0, 0.1) is 0 Å². The molecular formula is C36H36N2O7. The van der Waals surface area contributed by atoms with E-state index in [0.29, 0.717) is 77.5 Å². The van der Waals surface area contributed by atoms with E-state index in [9.17, 15) is 0 Å². The minimum Gasteiger partial charge on any atom is -0.438 e. The Kier molecular flexibility index (Phi) is 9.13. The molecule has 9 heteroatoms. The van der Waals surface area contributed by atoms with E-state index in [0.717, 1.165) is 60.4 Å². The summed E-state index contributed by atoms with van der Waals surface area (Å²) in [5.74, 6) is 1.06. The minimum atomic E-state index is 0.258. The Morgan fingerprint density at radius 2 is 0.911 bits per heavy atom. The van der Waals surface area contributed by atoms with Gasteiger partial charge in [-0.05, 0) is 46.5 Å². The van der Waals surface area contributed by atoms with Crippen LogP contribution in [-0.4, -0.2) is 62.8 Å². The van der Waals surface area contributed by atoms with Crippen LogP contribution < -0.4 is 0 Å². The summed E-state index contributed by atoms with van der Waals surface area (Å²) < 4.78 is 41.1. The molecule has 0 saturated heterocycles. The van der Waals surface area contributed by atoms with Crippen molar-refractivity contribution in [3.63, 3.8) is 0 Å². The molecule has 4 aromatic carbocycles. The standard InChI is InChI=1S/C36H36N2O7/c1-24-18-29-27-8-4-2-6-25(27)20-31-35(29)44-33(37-31)22-42-16-14-40-12-10-39-11-13-41-15-17-43-23-34-38-32-21-26-7-3-5-9-28(26)30(19-24)36(32)45-34/h2-9,20-21H,1,10-19,22-23H2. The number of oxazole rings is 2. The molecule has 0 aliphatic carbocycles. The molecule has 232 valence electrons. The van der Waals surface area contributed by atoms with Crippen molar-refractivity contribution in [3.8, 4) is 0 Å². The number of nitrogens with zero attached hydrogens (tertiary/aromatic N) is 2. The molecule has 7 rings (SSSR count). The second-order valence-corrected chi connectivity index (χ2v) is 11.1. The highest BCUT2D eigenvalue weighted by Gasteiger charge is 2.19. The maximum Gasteiger partial charge on any atom is 0.221 e. The highest BCUT2D eigenvalue weighted by Crippen LogP contribution is 2.34. The first-order valence-electron chi connectivity index (χ1n) is 15.4. The predicted molar refractivity (Wildman–Crippen MR) is 171 cm³/mol. The number of ether oxygens (including phenoxy) is 5. The number of rotatable bonds is 0. The van der Waals surface area contributed by atoms with Gasteiger partial charge in [-0.15, -0.1) is 0 Å². The molecule has 0 fully saturated rings. The molecule has 3 heterocycles. The molecule has 0 N–H and O–H groups in total. The monoisotopic (exact) mass is 608 g/mol. The van der Waals surface area contributed by atoms with Crippen molar-refractivity contribution < 1.29 is 32.5 Å². The molecule has 0 radical (unpaired) electrons. The van der Waals surface area contributed by atoms with Crippen LogP contribution in [0.4, 0.5) is 0 Å². The third kappa shape index (κ3) is 6.78. The summed E-state index contributed by atoms with van der Waals surface area (Å²) in [5.41, 5.74) is 6.26. The largest absolute Gasteiger partial charge is 0.438 e. The van der Waals surface area contributed by atoms with Crippen molar-refractivity contribution in [2.24, 2.45) is 0 Å². The van der Waals surface area contributed by atoms with Gasteiger partial charge in [-0.2, -0.15) is 0 Å². The van der Waals surface area contributed by atoms with Crippen LogP contribution in [-0.2, 0) is 49.7 Å². The summed E-state index contributed by atoms with van der Waals surface area (Å²) >= 11 is 0. The van der Waals surface area contributed by atoms with Crippen LogP contribution in [0.3, 0.4) is 0 Å². The van der Waals surface area contributed by atoms with Gasteiger partial charge in [0.15, 0.2) is 11.2 Å². The Hall–Kier alpha value is -4.12. The topological polar surface area (TPSA) is 98.2 Å². The number of hydrogen-bond acceptors (Lipinski definition) is 9. The molecule has 0 unspecified atom stereocenters. The van der Waals surface area contributed by atoms with Crippen LogP contribution in [0.15, 0.2) is 81.7 Å². The zero-order valence-electron chi connectivity index (χ0n) is 25.2. The van der Waals surface area contributed by atoms with Crippen molar-refractivity contribution in [2.45, 2.75) is 26.1 Å². The SMILES string of the molecule is C=C1Cc2c3ccccc3cc3nc(oc23)COCCOCCOCCOCCOCc2nc3cc4ccccc4c(c3o2)C1. The lowest BCUT2D eigenvalue weighted by atomic mass is 9.92. The summed E-state index contributed by atoms with van der Waals surface area (Å²) in [6, 6.07) is 20.8. The summed E-state index contributed by atoms with van der Waals surface area (Å²) in [7, 11) is 0. The molecule has 4 bridgehead atoms. The Morgan fingerprint density at radius 3 is 1.36 bits per heavy atom. The lowest BCUT2D eigenvalue weighted by Gasteiger charge is -2.12. The van der Waals surface area contributed by atoms with Crippen LogP contribution in [0.25, 0.3) is 43.7 Å². The first-order valence-corrected chi connectivity index (χ1v) is 15.4. The normalized spacial score (nSPS) is 17.2. The molecular weight excluding hydrogens is 572 g/mol. The number of hydrogen-bond donors (Lipinski definition) is 0. The zero-order valence-corrected chi connectivity index (χ0v) is 25.2. The first kappa shape index (κ1) is 29.6. The van der Waals surface area contributed by atoms with Crippen molar-refractivity contribution in [1.29, 1.82) is 0 Å². The van der Waals surface area contributed by atoms with Gasteiger partial charge in [0.25, 0.3) is 0 Å². The molecule has 2 aromatic heterocycles. The molecule has 0 amide bonds. The van der Waals surface area contributed by atoms with Crippen molar-refractivity contribution in [2.75, 3.05) is 52.9 Å². The fraction of sp³-hybridized carbons (Fsp3) is 0.333. The van der Waals surface area contributed by atoms with Gasteiger partial charge in [0, 0.05) is 11.1 Å². The fourth-order valence-corrected chi connectivity index (χ4v) is 5.85.